The molecule has 3 N–H and O–H groups in total. The average Bonchev–Trinajstić information content (AvgIpc) is 3.07. The van der Waals surface area contributed by atoms with Crippen LogP contribution >= 0.6 is 0 Å². The zero-order valence-electron chi connectivity index (χ0n) is 12.5. The van der Waals surface area contributed by atoms with Crippen molar-refractivity contribution in [1.29, 1.82) is 0 Å². The molecule has 0 aliphatic rings. The van der Waals surface area contributed by atoms with Crippen LogP contribution in [-0.4, -0.2) is 17.1 Å². The Morgan fingerprint density at radius 2 is 1.42 bits per heavy atom. The quantitative estimate of drug-likeness (QED) is 0.668. The van der Waals surface area contributed by atoms with Gasteiger partial charge in [-0.25, -0.2) is 9.59 Å². The van der Waals surface area contributed by atoms with Crippen LogP contribution in [0, 0.1) is 0 Å². The van der Waals surface area contributed by atoms with E-state index in [-0.39, 0.29) is 11.8 Å². The van der Waals surface area contributed by atoms with Gasteiger partial charge in [0.2, 0.25) is 5.76 Å². The van der Waals surface area contributed by atoms with Crippen LogP contribution in [-0.2, 0) is 0 Å². The van der Waals surface area contributed by atoms with E-state index in [0.717, 1.165) is 5.56 Å². The number of carboxylic acid groups (broad SMARTS) is 1. The van der Waals surface area contributed by atoms with Crippen molar-refractivity contribution in [2.75, 3.05) is 10.6 Å². The van der Waals surface area contributed by atoms with E-state index in [1.165, 1.54) is 6.07 Å². The van der Waals surface area contributed by atoms with Crippen LogP contribution in [0.25, 0.3) is 11.3 Å². The SMILES string of the molecule is O=C(Nc1ccccc1)Nc1ccc(-c2ccc(C(=O)O)o2)cc1. The first kappa shape index (κ1) is 15.4. The molecule has 6 heteroatoms. The Bertz CT molecular complexity index is 854. The van der Waals surface area contributed by atoms with Gasteiger partial charge >= 0.3 is 12.0 Å². The molecule has 1 heterocycles. The highest BCUT2D eigenvalue weighted by atomic mass is 16.4. The highest BCUT2D eigenvalue weighted by molar-refractivity contribution is 5.99. The summed E-state index contributed by atoms with van der Waals surface area (Å²) in [5.74, 6) is -0.778. The minimum absolute atomic E-state index is 0.116. The molecule has 120 valence electrons. The van der Waals surface area contributed by atoms with Crippen molar-refractivity contribution < 1.29 is 19.1 Å². The van der Waals surface area contributed by atoms with Crippen molar-refractivity contribution in [3.05, 3.63) is 72.5 Å². The molecule has 1 aromatic heterocycles. The zero-order chi connectivity index (χ0) is 16.9. The maximum atomic E-state index is 11.9. The normalized spacial score (nSPS) is 10.2. The summed E-state index contributed by atoms with van der Waals surface area (Å²) in [6.45, 7) is 0. The van der Waals surface area contributed by atoms with Gasteiger partial charge in [-0.15, -0.1) is 0 Å². The standard InChI is InChI=1S/C18H14N2O4/c21-17(22)16-11-10-15(24-16)12-6-8-14(9-7-12)20-18(23)19-13-4-2-1-3-5-13/h1-11H,(H,21,22)(H2,19,20,23). The molecule has 0 bridgehead atoms. The number of anilines is 2. The molecule has 0 radical (unpaired) electrons. The van der Waals surface area contributed by atoms with Crippen molar-refractivity contribution in [3.8, 4) is 11.3 Å². The molecule has 0 saturated carbocycles. The van der Waals surface area contributed by atoms with E-state index in [1.807, 2.05) is 18.2 Å². The second-order valence-corrected chi connectivity index (χ2v) is 4.99. The molecule has 0 atom stereocenters. The Kier molecular flexibility index (Phi) is 4.29. The molecule has 0 saturated heterocycles. The van der Waals surface area contributed by atoms with Crippen molar-refractivity contribution in [3.63, 3.8) is 0 Å². The molecule has 0 fully saturated rings. The van der Waals surface area contributed by atoms with Gasteiger partial charge in [0, 0.05) is 16.9 Å². The predicted molar refractivity (Wildman–Crippen MR) is 90.2 cm³/mol. The van der Waals surface area contributed by atoms with Gasteiger partial charge in [0.15, 0.2) is 0 Å². The van der Waals surface area contributed by atoms with Crippen LogP contribution in [0.2, 0.25) is 0 Å². The number of carboxylic acids is 1. The van der Waals surface area contributed by atoms with Crippen LogP contribution in [0.1, 0.15) is 10.6 Å². The molecule has 3 rings (SSSR count). The highest BCUT2D eigenvalue weighted by Gasteiger charge is 2.10. The number of nitrogens with one attached hydrogen (secondary N) is 2. The minimum atomic E-state index is -1.11. The number of hydrogen-bond acceptors (Lipinski definition) is 3. The Morgan fingerprint density at radius 1 is 0.792 bits per heavy atom. The number of hydrogen-bond donors (Lipinski definition) is 3. The summed E-state index contributed by atoms with van der Waals surface area (Å²) in [5, 5.41) is 14.3. The number of aromatic carboxylic acids is 1. The summed E-state index contributed by atoms with van der Waals surface area (Å²) in [4.78, 5) is 22.7. The van der Waals surface area contributed by atoms with Gasteiger partial charge in [0.1, 0.15) is 5.76 Å². The van der Waals surface area contributed by atoms with Gasteiger partial charge in [-0.3, -0.25) is 0 Å². The molecule has 0 aliphatic heterocycles. The van der Waals surface area contributed by atoms with E-state index in [1.54, 1.807) is 42.5 Å². The molecule has 0 aliphatic carbocycles. The number of furan rings is 1. The van der Waals surface area contributed by atoms with Crippen LogP contribution < -0.4 is 10.6 Å². The summed E-state index contributed by atoms with van der Waals surface area (Å²) in [6.07, 6.45) is 0. The van der Waals surface area contributed by atoms with Crippen LogP contribution in [0.4, 0.5) is 16.2 Å². The van der Waals surface area contributed by atoms with Crippen LogP contribution in [0.3, 0.4) is 0 Å². The van der Waals surface area contributed by atoms with Gasteiger partial charge in [-0.05, 0) is 48.5 Å². The minimum Gasteiger partial charge on any atom is -0.475 e. The molecule has 3 aromatic rings. The Morgan fingerprint density at radius 3 is 2.00 bits per heavy atom. The van der Waals surface area contributed by atoms with Crippen molar-refractivity contribution >= 4 is 23.4 Å². The summed E-state index contributed by atoms with van der Waals surface area (Å²) in [6, 6.07) is 18.7. The molecule has 0 unspecified atom stereocenters. The van der Waals surface area contributed by atoms with Gasteiger partial charge in [-0.2, -0.15) is 0 Å². The lowest BCUT2D eigenvalue weighted by atomic mass is 10.1. The van der Waals surface area contributed by atoms with E-state index >= 15 is 0 Å². The van der Waals surface area contributed by atoms with Gasteiger partial charge in [0.25, 0.3) is 0 Å². The third-order valence-corrected chi connectivity index (χ3v) is 3.28. The molecule has 2 aromatic carbocycles. The van der Waals surface area contributed by atoms with E-state index < -0.39 is 5.97 Å². The fourth-order valence-electron chi connectivity index (χ4n) is 2.14. The number of rotatable bonds is 4. The average molecular weight is 322 g/mol. The molecular formula is C18H14N2O4. The summed E-state index contributed by atoms with van der Waals surface area (Å²) < 4.78 is 5.23. The molecule has 24 heavy (non-hydrogen) atoms. The van der Waals surface area contributed by atoms with Crippen molar-refractivity contribution in [1.82, 2.24) is 0 Å². The van der Waals surface area contributed by atoms with Crippen molar-refractivity contribution in [2.24, 2.45) is 0 Å². The number of amides is 2. The number of carbonyl (C=O) groups is 2. The number of benzene rings is 2. The first-order valence-corrected chi connectivity index (χ1v) is 7.18. The van der Waals surface area contributed by atoms with E-state index in [2.05, 4.69) is 10.6 Å². The summed E-state index contributed by atoms with van der Waals surface area (Å²) >= 11 is 0. The second kappa shape index (κ2) is 6.70. The third-order valence-electron chi connectivity index (χ3n) is 3.28. The fraction of sp³-hybridized carbons (Fsp3) is 0. The van der Waals surface area contributed by atoms with E-state index in [4.69, 9.17) is 9.52 Å². The molecule has 6 nitrogen and oxygen atoms in total. The fourth-order valence-corrected chi connectivity index (χ4v) is 2.14. The van der Waals surface area contributed by atoms with E-state index in [9.17, 15) is 9.59 Å². The summed E-state index contributed by atoms with van der Waals surface area (Å²) in [7, 11) is 0. The second-order valence-electron chi connectivity index (χ2n) is 4.99. The lowest BCUT2D eigenvalue weighted by Crippen LogP contribution is -2.19. The molecular weight excluding hydrogens is 308 g/mol. The monoisotopic (exact) mass is 322 g/mol. The van der Waals surface area contributed by atoms with Crippen molar-refractivity contribution in [2.45, 2.75) is 0 Å². The lowest BCUT2D eigenvalue weighted by Gasteiger charge is -2.08. The van der Waals surface area contributed by atoms with Crippen LogP contribution in [0.15, 0.2) is 71.1 Å². The lowest BCUT2D eigenvalue weighted by molar-refractivity contribution is 0.0663. The Hall–Kier alpha value is -3.54. The van der Waals surface area contributed by atoms with Gasteiger partial charge in [0.05, 0.1) is 0 Å². The number of carbonyl (C=O) groups excluding carboxylic acids is 1. The Balaban J connectivity index is 1.65. The number of para-hydroxylation sites is 1. The smallest absolute Gasteiger partial charge is 0.371 e. The number of urea groups is 1. The zero-order valence-corrected chi connectivity index (χ0v) is 12.5. The van der Waals surface area contributed by atoms with Gasteiger partial charge < -0.3 is 20.2 Å². The maximum absolute atomic E-state index is 11.9. The molecule has 2 amide bonds. The van der Waals surface area contributed by atoms with Crippen LogP contribution in [0.5, 0.6) is 0 Å². The van der Waals surface area contributed by atoms with Gasteiger partial charge in [-0.1, -0.05) is 18.2 Å². The predicted octanol–water partition coefficient (Wildman–Crippen LogP) is 4.29. The van der Waals surface area contributed by atoms with E-state index in [0.29, 0.717) is 17.1 Å². The largest absolute Gasteiger partial charge is 0.475 e. The maximum Gasteiger partial charge on any atom is 0.371 e. The first-order chi connectivity index (χ1) is 11.6. The molecule has 0 spiro atoms. The Labute approximate surface area is 137 Å². The topological polar surface area (TPSA) is 91.6 Å². The third kappa shape index (κ3) is 3.61. The first-order valence-electron chi connectivity index (χ1n) is 7.18. The highest BCUT2D eigenvalue weighted by Crippen LogP contribution is 2.24. The summed E-state index contributed by atoms with van der Waals surface area (Å²) in [5.41, 5.74) is 2.03.